The van der Waals surface area contributed by atoms with Gasteiger partial charge in [0.25, 0.3) is 0 Å². The number of carbonyl (C=O) groups excluding carboxylic acids is 1. The molecule has 5 nitrogen and oxygen atoms in total. The van der Waals surface area contributed by atoms with E-state index in [1.54, 1.807) is 12.1 Å². The monoisotopic (exact) mass is 405 g/mol. The lowest BCUT2D eigenvalue weighted by atomic mass is 10.0. The largest absolute Gasteiger partial charge is 0.390 e. The first-order valence-corrected chi connectivity index (χ1v) is 9.30. The lowest BCUT2D eigenvalue weighted by Gasteiger charge is -2.26. The standard InChI is InChI=1S/C21H22F3N3O2/c1-13(2)25-21(28)27(11-14-3-5-15(22)6-4-14)12-17-10-20(26-29-17)18-8-7-16(23)9-19(18)24/h3-9,13,17H,10-12H2,1-2H3,(H,25,28)/t17-/m1/s1. The van der Waals surface area contributed by atoms with Crippen LogP contribution >= 0.6 is 0 Å². The van der Waals surface area contributed by atoms with E-state index in [-0.39, 0.29) is 43.0 Å². The molecule has 2 aromatic rings. The van der Waals surface area contributed by atoms with E-state index in [1.807, 2.05) is 13.8 Å². The van der Waals surface area contributed by atoms with Gasteiger partial charge in [-0.3, -0.25) is 0 Å². The van der Waals surface area contributed by atoms with Crippen molar-refractivity contribution < 1.29 is 22.8 Å². The molecule has 3 rings (SSSR count). The van der Waals surface area contributed by atoms with Crippen LogP contribution in [0.1, 0.15) is 31.4 Å². The maximum atomic E-state index is 14.0. The molecule has 0 saturated heterocycles. The van der Waals surface area contributed by atoms with Crippen LogP contribution < -0.4 is 5.32 Å². The van der Waals surface area contributed by atoms with Crippen molar-refractivity contribution in [1.82, 2.24) is 10.2 Å². The molecular weight excluding hydrogens is 383 g/mol. The Balaban J connectivity index is 1.69. The predicted molar refractivity (Wildman–Crippen MR) is 103 cm³/mol. The van der Waals surface area contributed by atoms with E-state index >= 15 is 0 Å². The Morgan fingerprint density at radius 3 is 2.52 bits per heavy atom. The Labute approximate surface area is 167 Å². The maximum absolute atomic E-state index is 14.0. The van der Waals surface area contributed by atoms with Crippen molar-refractivity contribution in [3.05, 3.63) is 71.0 Å². The van der Waals surface area contributed by atoms with Gasteiger partial charge in [-0.15, -0.1) is 0 Å². The third-order valence-electron chi connectivity index (χ3n) is 4.39. The van der Waals surface area contributed by atoms with Crippen molar-refractivity contribution in [2.24, 2.45) is 5.16 Å². The number of oxime groups is 1. The second-order valence-corrected chi connectivity index (χ2v) is 7.20. The van der Waals surface area contributed by atoms with Crippen molar-refractivity contribution in [2.45, 2.75) is 39.0 Å². The first-order chi connectivity index (χ1) is 13.8. The topological polar surface area (TPSA) is 53.9 Å². The second-order valence-electron chi connectivity index (χ2n) is 7.20. The summed E-state index contributed by atoms with van der Waals surface area (Å²) in [5.74, 6) is -1.74. The molecule has 1 aliphatic rings. The Hall–Kier alpha value is -3.03. The van der Waals surface area contributed by atoms with Gasteiger partial charge in [0.2, 0.25) is 0 Å². The molecule has 2 amide bonds. The summed E-state index contributed by atoms with van der Waals surface area (Å²) in [7, 11) is 0. The molecule has 0 bridgehead atoms. The molecule has 0 aliphatic carbocycles. The number of nitrogens with zero attached hydrogens (tertiary/aromatic N) is 2. The van der Waals surface area contributed by atoms with Crippen LogP contribution in [0.3, 0.4) is 0 Å². The average Bonchev–Trinajstić information content (AvgIpc) is 3.10. The van der Waals surface area contributed by atoms with Gasteiger partial charge in [0.15, 0.2) is 6.10 Å². The fourth-order valence-electron chi connectivity index (χ4n) is 3.02. The van der Waals surface area contributed by atoms with Crippen LogP contribution in [0.4, 0.5) is 18.0 Å². The van der Waals surface area contributed by atoms with Gasteiger partial charge in [0.1, 0.15) is 17.5 Å². The quantitative estimate of drug-likeness (QED) is 0.783. The zero-order valence-electron chi connectivity index (χ0n) is 16.2. The zero-order chi connectivity index (χ0) is 21.0. The lowest BCUT2D eigenvalue weighted by Crippen LogP contribution is -2.45. The fraction of sp³-hybridized carbons (Fsp3) is 0.333. The Morgan fingerprint density at radius 1 is 1.17 bits per heavy atom. The summed E-state index contributed by atoms with van der Waals surface area (Å²) in [6.07, 6.45) is -0.204. The molecule has 29 heavy (non-hydrogen) atoms. The molecule has 154 valence electrons. The van der Waals surface area contributed by atoms with Gasteiger partial charge in [-0.2, -0.15) is 0 Å². The highest BCUT2D eigenvalue weighted by atomic mass is 19.1. The number of amides is 2. The molecule has 0 unspecified atom stereocenters. The summed E-state index contributed by atoms with van der Waals surface area (Å²) in [5.41, 5.74) is 1.29. The molecular formula is C21H22F3N3O2. The summed E-state index contributed by atoms with van der Waals surface area (Å²) in [6, 6.07) is 8.78. The molecule has 0 spiro atoms. The van der Waals surface area contributed by atoms with E-state index in [0.717, 1.165) is 17.7 Å². The number of rotatable bonds is 6. The van der Waals surface area contributed by atoms with E-state index < -0.39 is 17.7 Å². The smallest absolute Gasteiger partial charge is 0.318 e. The van der Waals surface area contributed by atoms with E-state index in [2.05, 4.69) is 10.5 Å². The number of hydrogen-bond donors (Lipinski definition) is 1. The van der Waals surface area contributed by atoms with Gasteiger partial charge in [-0.05, 0) is 43.7 Å². The third-order valence-corrected chi connectivity index (χ3v) is 4.39. The minimum atomic E-state index is -0.714. The number of hydrogen-bond acceptors (Lipinski definition) is 3. The highest BCUT2D eigenvalue weighted by Gasteiger charge is 2.28. The van der Waals surface area contributed by atoms with Crippen molar-refractivity contribution in [2.75, 3.05) is 6.54 Å². The van der Waals surface area contributed by atoms with Crippen LogP contribution in [0.5, 0.6) is 0 Å². The predicted octanol–water partition coefficient (Wildman–Crippen LogP) is 4.22. The highest BCUT2D eigenvalue weighted by Crippen LogP contribution is 2.21. The Morgan fingerprint density at radius 2 is 1.86 bits per heavy atom. The minimum absolute atomic E-state index is 0.0668. The molecule has 8 heteroatoms. The van der Waals surface area contributed by atoms with Gasteiger partial charge in [-0.25, -0.2) is 18.0 Å². The van der Waals surface area contributed by atoms with E-state index in [1.165, 1.54) is 23.1 Å². The molecule has 1 heterocycles. The molecule has 1 atom stereocenters. The van der Waals surface area contributed by atoms with E-state index in [0.29, 0.717) is 5.71 Å². The fourth-order valence-corrected chi connectivity index (χ4v) is 3.02. The van der Waals surface area contributed by atoms with E-state index in [4.69, 9.17) is 4.84 Å². The number of carbonyl (C=O) groups is 1. The maximum Gasteiger partial charge on any atom is 0.318 e. The number of halogens is 3. The van der Waals surface area contributed by atoms with Crippen molar-refractivity contribution in [3.8, 4) is 0 Å². The van der Waals surface area contributed by atoms with Crippen LogP contribution in [0.2, 0.25) is 0 Å². The molecule has 1 aliphatic heterocycles. The summed E-state index contributed by atoms with van der Waals surface area (Å²) in [4.78, 5) is 19.5. The van der Waals surface area contributed by atoms with Crippen molar-refractivity contribution >= 4 is 11.7 Å². The molecule has 0 fully saturated rings. The Kier molecular flexibility index (Phi) is 6.41. The summed E-state index contributed by atoms with van der Waals surface area (Å²) in [5, 5.41) is 6.74. The highest BCUT2D eigenvalue weighted by molar-refractivity contribution is 6.01. The average molecular weight is 405 g/mol. The summed E-state index contributed by atoms with van der Waals surface area (Å²) >= 11 is 0. The molecule has 1 N–H and O–H groups in total. The molecule has 0 radical (unpaired) electrons. The lowest BCUT2D eigenvalue weighted by molar-refractivity contribution is 0.0586. The first kappa shape index (κ1) is 20.7. The number of urea groups is 1. The normalized spacial score (nSPS) is 15.8. The van der Waals surface area contributed by atoms with E-state index in [9.17, 15) is 18.0 Å². The first-order valence-electron chi connectivity index (χ1n) is 9.30. The van der Waals surface area contributed by atoms with Gasteiger partial charge in [0.05, 0.1) is 12.3 Å². The van der Waals surface area contributed by atoms with Crippen molar-refractivity contribution in [3.63, 3.8) is 0 Å². The third kappa shape index (κ3) is 5.49. The van der Waals surface area contributed by atoms with Crippen LogP contribution in [-0.2, 0) is 11.4 Å². The van der Waals surface area contributed by atoms with Gasteiger partial charge in [0, 0.05) is 30.6 Å². The Bertz CT molecular complexity index is 901. The van der Waals surface area contributed by atoms with Crippen LogP contribution in [0.25, 0.3) is 0 Å². The number of benzene rings is 2. The molecule has 0 aromatic heterocycles. The molecule has 0 saturated carbocycles. The van der Waals surface area contributed by atoms with Gasteiger partial charge < -0.3 is 15.1 Å². The van der Waals surface area contributed by atoms with Crippen molar-refractivity contribution in [1.29, 1.82) is 0 Å². The zero-order valence-corrected chi connectivity index (χ0v) is 16.2. The summed E-state index contributed by atoms with van der Waals surface area (Å²) in [6.45, 7) is 4.14. The van der Waals surface area contributed by atoms with Gasteiger partial charge in [-0.1, -0.05) is 17.3 Å². The number of nitrogens with one attached hydrogen (secondary N) is 1. The molecule has 2 aromatic carbocycles. The minimum Gasteiger partial charge on any atom is -0.390 e. The van der Waals surface area contributed by atoms with Crippen LogP contribution in [-0.4, -0.2) is 35.3 Å². The van der Waals surface area contributed by atoms with Crippen LogP contribution in [0, 0.1) is 17.5 Å². The van der Waals surface area contributed by atoms with Gasteiger partial charge >= 0.3 is 6.03 Å². The van der Waals surface area contributed by atoms with Crippen LogP contribution in [0.15, 0.2) is 47.6 Å². The SMILES string of the molecule is CC(C)NC(=O)N(Cc1ccc(F)cc1)C[C@H]1CC(c2ccc(F)cc2F)=NO1. The second kappa shape index (κ2) is 8.98. The summed E-state index contributed by atoms with van der Waals surface area (Å²) < 4.78 is 40.3.